The number of benzene rings is 3. The van der Waals surface area contributed by atoms with E-state index in [-0.39, 0.29) is 5.91 Å². The number of unbranched alkanes of at least 4 members (excludes halogenated alkanes) is 3. The van der Waals surface area contributed by atoms with Gasteiger partial charge in [-0.3, -0.25) is 9.36 Å². The molecule has 0 heterocycles. The predicted octanol–water partition coefficient (Wildman–Crippen LogP) is 8.18. The molecule has 0 bridgehead atoms. The van der Waals surface area contributed by atoms with E-state index in [2.05, 4.69) is 48.7 Å². The summed E-state index contributed by atoms with van der Waals surface area (Å²) in [6.45, 7) is 6.21. The molecule has 0 saturated carbocycles. The first-order valence-electron chi connectivity index (χ1n) is 15.2. The largest absolute Gasteiger partial charge is 0.383 e. The molecule has 1 amide bonds. The first kappa shape index (κ1) is 31.0. The minimum atomic E-state index is -3.18. The predicted molar refractivity (Wildman–Crippen MR) is 169 cm³/mol. The van der Waals surface area contributed by atoms with Gasteiger partial charge >= 0.3 is 7.60 Å². The van der Waals surface area contributed by atoms with Gasteiger partial charge in [0.2, 0.25) is 5.91 Å². The molecule has 0 spiro atoms. The Bertz CT molecular complexity index is 1240. The molecule has 3 aromatic rings. The van der Waals surface area contributed by atoms with E-state index >= 15 is 0 Å². The molecule has 41 heavy (non-hydrogen) atoms. The molecular weight excluding hydrogens is 531 g/mol. The lowest BCUT2D eigenvalue weighted by Crippen LogP contribution is -2.45. The highest BCUT2D eigenvalue weighted by atomic mass is 31.2. The van der Waals surface area contributed by atoms with E-state index in [4.69, 9.17) is 9.05 Å². The molecule has 2 N–H and O–H groups in total. The second-order valence-corrected chi connectivity index (χ2v) is 12.9. The fourth-order valence-electron chi connectivity index (χ4n) is 5.60. The number of amides is 1. The molecule has 3 aromatic carbocycles. The van der Waals surface area contributed by atoms with Gasteiger partial charge in [0.25, 0.3) is 0 Å². The molecule has 1 aliphatic carbocycles. The van der Waals surface area contributed by atoms with Gasteiger partial charge in [0.15, 0.2) is 0 Å². The molecule has 0 aromatic heterocycles. The molecule has 0 aliphatic heterocycles. The van der Waals surface area contributed by atoms with Gasteiger partial charge in [-0.1, -0.05) is 99.8 Å². The first-order chi connectivity index (χ1) is 20.0. The van der Waals surface area contributed by atoms with Crippen LogP contribution in [0.1, 0.15) is 69.9 Å². The number of hydrogen-bond acceptors (Lipinski definition) is 5. The Balaban J connectivity index is 1.50. The van der Waals surface area contributed by atoms with Crippen LogP contribution in [0, 0.1) is 0 Å². The summed E-state index contributed by atoms with van der Waals surface area (Å²) < 4.78 is 25.2. The van der Waals surface area contributed by atoms with E-state index in [0.29, 0.717) is 45.3 Å². The Kier molecular flexibility index (Phi) is 11.6. The smallest absolute Gasteiger partial charge is 0.330 e. The van der Waals surface area contributed by atoms with Gasteiger partial charge in [0, 0.05) is 18.8 Å². The van der Waals surface area contributed by atoms with Crippen LogP contribution < -0.4 is 10.6 Å². The fraction of sp³-hybridized carbons (Fsp3) is 0.441. The fourth-order valence-corrected chi connectivity index (χ4v) is 7.36. The topological polar surface area (TPSA) is 76.7 Å². The minimum absolute atomic E-state index is 0.00587. The normalized spacial score (nSPS) is 13.4. The summed E-state index contributed by atoms with van der Waals surface area (Å²) in [6.07, 6.45) is 6.03. The zero-order valence-corrected chi connectivity index (χ0v) is 25.5. The average Bonchev–Trinajstić information content (AvgIpc) is 3.29. The number of anilines is 1. The zero-order chi connectivity index (χ0) is 29.0. The van der Waals surface area contributed by atoms with E-state index in [1.807, 2.05) is 54.6 Å². The number of para-hydroxylation sites is 1. The molecule has 0 fully saturated rings. The van der Waals surface area contributed by atoms with Crippen LogP contribution in [0.15, 0.2) is 78.9 Å². The number of fused-ring (bicyclic) bond motifs is 3. The maximum atomic E-state index is 14.2. The first-order valence-corrected chi connectivity index (χ1v) is 16.9. The van der Waals surface area contributed by atoms with Gasteiger partial charge in [-0.25, -0.2) is 0 Å². The third-order valence-corrected chi connectivity index (χ3v) is 9.79. The highest BCUT2D eigenvalue weighted by Gasteiger charge is 2.48. The lowest BCUT2D eigenvalue weighted by atomic mass is 9.73. The van der Waals surface area contributed by atoms with Crippen LogP contribution >= 0.6 is 7.60 Å². The Labute approximate surface area is 245 Å². The molecule has 0 unspecified atom stereocenters. The lowest BCUT2D eigenvalue weighted by Gasteiger charge is -2.31. The third kappa shape index (κ3) is 7.68. The standard InChI is InChI=1S/C34H45N2O4P/c1-3-5-25-39-41(38,40-26-6-4-2)27-15-14-22-34(33(37)36-24-23-35-28-16-8-7-9-17-28)31-20-12-10-18-29(31)30-19-11-13-21-32(30)34/h7-13,16-21,35H,3-6,14-15,22-27H2,1-2H3,(H,36,37). The van der Waals surface area contributed by atoms with Crippen molar-refractivity contribution in [3.8, 4) is 11.1 Å². The van der Waals surface area contributed by atoms with Crippen molar-refractivity contribution in [2.75, 3.05) is 37.8 Å². The SMILES string of the molecule is CCCCOP(=O)(CCCCC1(C(=O)NCCNc2ccccc2)c2ccccc2-c2ccccc21)OCCCC. The highest BCUT2D eigenvalue weighted by Crippen LogP contribution is 2.53. The molecular formula is C34H45N2O4P. The molecule has 0 atom stereocenters. The van der Waals surface area contributed by atoms with Gasteiger partial charge in [0.1, 0.15) is 5.41 Å². The van der Waals surface area contributed by atoms with Gasteiger partial charge in [0.05, 0.1) is 19.4 Å². The average molecular weight is 577 g/mol. The summed E-state index contributed by atoms with van der Waals surface area (Å²) >= 11 is 0. The Morgan fingerprint density at radius 1 is 0.732 bits per heavy atom. The minimum Gasteiger partial charge on any atom is -0.383 e. The molecule has 7 heteroatoms. The van der Waals surface area contributed by atoms with E-state index in [9.17, 15) is 9.36 Å². The highest BCUT2D eigenvalue weighted by molar-refractivity contribution is 7.53. The van der Waals surface area contributed by atoms with Crippen LogP contribution in [0.4, 0.5) is 5.69 Å². The van der Waals surface area contributed by atoms with Gasteiger partial charge in [-0.2, -0.15) is 0 Å². The van der Waals surface area contributed by atoms with E-state index < -0.39 is 13.0 Å². The Morgan fingerprint density at radius 3 is 1.88 bits per heavy atom. The van der Waals surface area contributed by atoms with Crippen LogP contribution in [0.2, 0.25) is 0 Å². The molecule has 1 aliphatic rings. The van der Waals surface area contributed by atoms with Crippen LogP contribution in [-0.2, 0) is 23.8 Å². The summed E-state index contributed by atoms with van der Waals surface area (Å²) in [7, 11) is -3.18. The summed E-state index contributed by atoms with van der Waals surface area (Å²) in [4.78, 5) is 14.2. The third-order valence-electron chi connectivity index (χ3n) is 7.77. The van der Waals surface area contributed by atoms with Gasteiger partial charge in [-0.15, -0.1) is 0 Å². The number of carbonyl (C=O) groups excluding carboxylic acids is 1. The van der Waals surface area contributed by atoms with Gasteiger partial charge in [-0.05, 0) is 60.1 Å². The number of rotatable bonds is 18. The van der Waals surface area contributed by atoms with E-state index in [0.717, 1.165) is 60.0 Å². The molecule has 6 nitrogen and oxygen atoms in total. The van der Waals surface area contributed by atoms with Crippen LogP contribution in [0.25, 0.3) is 11.1 Å². The van der Waals surface area contributed by atoms with Crippen molar-refractivity contribution in [1.82, 2.24) is 5.32 Å². The second-order valence-electron chi connectivity index (χ2n) is 10.7. The van der Waals surface area contributed by atoms with Crippen LogP contribution in [-0.4, -0.2) is 38.4 Å². The molecule has 220 valence electrons. The van der Waals surface area contributed by atoms with Crippen molar-refractivity contribution >= 4 is 19.2 Å². The summed E-state index contributed by atoms with van der Waals surface area (Å²) in [5.41, 5.74) is 4.51. The van der Waals surface area contributed by atoms with E-state index in [1.165, 1.54) is 0 Å². The molecule has 4 rings (SSSR count). The Morgan fingerprint density at radius 2 is 1.29 bits per heavy atom. The maximum Gasteiger partial charge on any atom is 0.330 e. The van der Waals surface area contributed by atoms with Crippen molar-refractivity contribution in [3.05, 3.63) is 90.0 Å². The monoisotopic (exact) mass is 576 g/mol. The quantitative estimate of drug-likeness (QED) is 0.118. The molecule has 0 radical (unpaired) electrons. The summed E-state index contributed by atoms with van der Waals surface area (Å²) in [5, 5.41) is 6.62. The van der Waals surface area contributed by atoms with Gasteiger partial charge < -0.3 is 19.7 Å². The summed E-state index contributed by atoms with van der Waals surface area (Å²) in [5.74, 6) is 0.00587. The van der Waals surface area contributed by atoms with Crippen LogP contribution in [0.3, 0.4) is 0 Å². The zero-order valence-electron chi connectivity index (χ0n) is 24.6. The Hall–Kier alpha value is -2.92. The lowest BCUT2D eigenvalue weighted by molar-refractivity contribution is -0.125. The van der Waals surface area contributed by atoms with Crippen molar-refractivity contribution in [1.29, 1.82) is 0 Å². The van der Waals surface area contributed by atoms with Crippen molar-refractivity contribution in [2.24, 2.45) is 0 Å². The van der Waals surface area contributed by atoms with E-state index in [1.54, 1.807) is 0 Å². The van der Waals surface area contributed by atoms with Crippen molar-refractivity contribution in [2.45, 2.75) is 64.2 Å². The molecule has 0 saturated heterocycles. The van der Waals surface area contributed by atoms with Crippen LogP contribution in [0.5, 0.6) is 0 Å². The maximum absolute atomic E-state index is 14.2. The van der Waals surface area contributed by atoms with Crippen molar-refractivity contribution < 1.29 is 18.4 Å². The number of nitrogens with one attached hydrogen (secondary N) is 2. The second kappa shape index (κ2) is 15.3. The number of hydrogen-bond donors (Lipinski definition) is 2. The summed E-state index contributed by atoms with van der Waals surface area (Å²) in [6, 6.07) is 26.5. The number of carbonyl (C=O) groups is 1. The van der Waals surface area contributed by atoms with Crippen molar-refractivity contribution in [3.63, 3.8) is 0 Å².